The lowest BCUT2D eigenvalue weighted by Crippen LogP contribution is -2.10. The molecular formula is C13H16N4O. The Labute approximate surface area is 106 Å². The number of hydrogen-bond donors (Lipinski definition) is 2. The molecule has 0 saturated heterocycles. The molecule has 18 heavy (non-hydrogen) atoms. The highest BCUT2D eigenvalue weighted by molar-refractivity contribution is 5.57. The summed E-state index contributed by atoms with van der Waals surface area (Å²) < 4.78 is 5.40. The topological polar surface area (TPSA) is 73.1 Å². The molecule has 94 valence electrons. The second-order valence-corrected chi connectivity index (χ2v) is 3.90. The van der Waals surface area contributed by atoms with Gasteiger partial charge in [-0.05, 0) is 42.8 Å². The summed E-state index contributed by atoms with van der Waals surface area (Å²) in [5.41, 5.74) is 7.38. The number of nitrogens with zero attached hydrogens (tertiary/aromatic N) is 2. The fraction of sp³-hybridized carbons (Fsp3) is 0.231. The van der Waals surface area contributed by atoms with Crippen molar-refractivity contribution in [1.29, 1.82) is 0 Å². The van der Waals surface area contributed by atoms with E-state index in [2.05, 4.69) is 15.5 Å². The predicted molar refractivity (Wildman–Crippen MR) is 71.0 cm³/mol. The summed E-state index contributed by atoms with van der Waals surface area (Å²) >= 11 is 0. The summed E-state index contributed by atoms with van der Waals surface area (Å²) in [4.78, 5) is 0. The van der Waals surface area contributed by atoms with Crippen LogP contribution < -0.4 is 15.8 Å². The lowest BCUT2D eigenvalue weighted by atomic mass is 10.3. The Morgan fingerprint density at radius 3 is 2.72 bits per heavy atom. The molecule has 0 bridgehead atoms. The van der Waals surface area contributed by atoms with Crippen LogP contribution in [0.15, 0.2) is 36.5 Å². The van der Waals surface area contributed by atoms with Gasteiger partial charge < -0.3 is 15.8 Å². The quantitative estimate of drug-likeness (QED) is 0.840. The Bertz CT molecular complexity index is 499. The number of anilines is 2. The highest BCUT2D eigenvalue weighted by Crippen LogP contribution is 2.18. The zero-order chi connectivity index (χ0) is 12.8. The highest BCUT2D eigenvalue weighted by Gasteiger charge is 1.98. The van der Waals surface area contributed by atoms with Crippen molar-refractivity contribution >= 4 is 11.5 Å². The fourth-order valence-corrected chi connectivity index (χ4v) is 1.48. The van der Waals surface area contributed by atoms with E-state index in [0.717, 1.165) is 22.8 Å². The Morgan fingerprint density at radius 1 is 1.28 bits per heavy atom. The normalized spacial score (nSPS) is 10.1. The largest absolute Gasteiger partial charge is 0.492 e. The maximum Gasteiger partial charge on any atom is 0.153 e. The van der Waals surface area contributed by atoms with E-state index in [4.69, 9.17) is 10.5 Å². The van der Waals surface area contributed by atoms with Crippen LogP contribution in [-0.4, -0.2) is 23.3 Å². The molecule has 0 spiro atoms. The van der Waals surface area contributed by atoms with Crippen LogP contribution in [0.25, 0.3) is 0 Å². The third kappa shape index (κ3) is 3.43. The van der Waals surface area contributed by atoms with Gasteiger partial charge in [0.2, 0.25) is 0 Å². The van der Waals surface area contributed by atoms with Gasteiger partial charge in [-0.15, -0.1) is 5.10 Å². The molecule has 2 aromatic rings. The van der Waals surface area contributed by atoms with Crippen LogP contribution in [0.2, 0.25) is 0 Å². The van der Waals surface area contributed by atoms with Crippen LogP contribution in [0.4, 0.5) is 11.5 Å². The van der Waals surface area contributed by atoms with Crippen LogP contribution in [0, 0.1) is 6.92 Å². The summed E-state index contributed by atoms with van der Waals surface area (Å²) in [6.07, 6.45) is 1.72. The first-order valence-electron chi connectivity index (χ1n) is 5.77. The van der Waals surface area contributed by atoms with Crippen LogP contribution >= 0.6 is 0 Å². The van der Waals surface area contributed by atoms with Gasteiger partial charge >= 0.3 is 0 Å². The molecule has 5 nitrogen and oxygen atoms in total. The Kier molecular flexibility index (Phi) is 4.09. The smallest absolute Gasteiger partial charge is 0.153 e. The van der Waals surface area contributed by atoms with Crippen LogP contribution in [0.5, 0.6) is 5.75 Å². The van der Waals surface area contributed by atoms with Gasteiger partial charge in [0, 0.05) is 12.2 Å². The number of rotatable bonds is 5. The van der Waals surface area contributed by atoms with E-state index in [9.17, 15) is 0 Å². The molecule has 0 aliphatic rings. The van der Waals surface area contributed by atoms with Gasteiger partial charge in [-0.2, -0.15) is 5.10 Å². The van der Waals surface area contributed by atoms with Gasteiger partial charge in [0.05, 0.1) is 6.20 Å². The maximum absolute atomic E-state index is 5.40. The summed E-state index contributed by atoms with van der Waals surface area (Å²) in [6, 6.07) is 9.57. The lowest BCUT2D eigenvalue weighted by molar-refractivity contribution is 0.328. The third-order valence-corrected chi connectivity index (χ3v) is 2.30. The maximum atomic E-state index is 5.40. The van der Waals surface area contributed by atoms with Crippen molar-refractivity contribution in [2.75, 3.05) is 18.5 Å². The van der Waals surface area contributed by atoms with Crippen LogP contribution in [0.3, 0.4) is 0 Å². The van der Waals surface area contributed by atoms with E-state index in [1.807, 2.05) is 37.3 Å². The zero-order valence-corrected chi connectivity index (χ0v) is 10.3. The minimum atomic E-state index is 0.513. The van der Waals surface area contributed by atoms with Gasteiger partial charge in [0.1, 0.15) is 12.4 Å². The molecule has 1 aromatic carbocycles. The Morgan fingerprint density at radius 2 is 2.06 bits per heavy atom. The number of aryl methyl sites for hydroxylation is 1. The van der Waals surface area contributed by atoms with Crippen molar-refractivity contribution < 1.29 is 4.74 Å². The average molecular weight is 244 g/mol. The van der Waals surface area contributed by atoms with E-state index in [-0.39, 0.29) is 0 Å². The van der Waals surface area contributed by atoms with Gasteiger partial charge in [-0.25, -0.2) is 0 Å². The average Bonchev–Trinajstić information content (AvgIpc) is 2.38. The molecule has 0 atom stereocenters. The summed E-state index contributed by atoms with van der Waals surface area (Å²) in [7, 11) is 0. The van der Waals surface area contributed by atoms with E-state index in [1.54, 1.807) is 6.20 Å². The van der Waals surface area contributed by atoms with Crippen molar-refractivity contribution in [2.24, 2.45) is 5.73 Å². The highest BCUT2D eigenvalue weighted by atomic mass is 16.5. The number of benzene rings is 1. The molecule has 1 heterocycles. The molecule has 0 saturated carbocycles. The summed E-state index contributed by atoms with van der Waals surface area (Å²) in [6.45, 7) is 3.01. The SMILES string of the molecule is Cc1cnnc(Nc2ccc(OCCN)cc2)c1. The zero-order valence-electron chi connectivity index (χ0n) is 10.3. The Hall–Kier alpha value is -2.14. The fourth-order valence-electron chi connectivity index (χ4n) is 1.48. The molecule has 0 radical (unpaired) electrons. The van der Waals surface area contributed by atoms with Gasteiger partial charge in [-0.3, -0.25) is 0 Å². The van der Waals surface area contributed by atoms with Gasteiger partial charge in [-0.1, -0.05) is 0 Å². The molecule has 0 fully saturated rings. The van der Waals surface area contributed by atoms with E-state index in [1.165, 1.54) is 0 Å². The standard InChI is InChI=1S/C13H16N4O/c1-10-8-13(17-15-9-10)16-11-2-4-12(5-3-11)18-7-6-14/h2-5,8-9H,6-7,14H2,1H3,(H,16,17). The molecule has 1 aromatic heterocycles. The van der Waals surface area contributed by atoms with Gasteiger partial charge in [0.15, 0.2) is 5.82 Å². The second-order valence-electron chi connectivity index (χ2n) is 3.90. The second kappa shape index (κ2) is 5.97. The van der Waals surface area contributed by atoms with Crippen LogP contribution in [-0.2, 0) is 0 Å². The van der Waals surface area contributed by atoms with Crippen molar-refractivity contribution in [3.8, 4) is 5.75 Å². The van der Waals surface area contributed by atoms with E-state index >= 15 is 0 Å². The molecule has 3 N–H and O–H groups in total. The molecule has 5 heteroatoms. The minimum Gasteiger partial charge on any atom is -0.492 e. The molecule has 2 rings (SSSR count). The molecule has 0 aliphatic heterocycles. The Balaban J connectivity index is 2.02. The van der Waals surface area contributed by atoms with E-state index < -0.39 is 0 Å². The van der Waals surface area contributed by atoms with Gasteiger partial charge in [0.25, 0.3) is 0 Å². The molecule has 0 unspecified atom stereocenters. The summed E-state index contributed by atoms with van der Waals surface area (Å²) in [5, 5.41) is 11.1. The number of nitrogens with one attached hydrogen (secondary N) is 1. The monoisotopic (exact) mass is 244 g/mol. The van der Waals surface area contributed by atoms with Crippen molar-refractivity contribution in [3.63, 3.8) is 0 Å². The minimum absolute atomic E-state index is 0.513. The number of aromatic nitrogens is 2. The molecule has 0 amide bonds. The summed E-state index contributed by atoms with van der Waals surface area (Å²) in [5.74, 6) is 1.53. The first-order valence-corrected chi connectivity index (χ1v) is 5.77. The van der Waals surface area contributed by atoms with Crippen molar-refractivity contribution in [2.45, 2.75) is 6.92 Å². The predicted octanol–water partition coefficient (Wildman–Crippen LogP) is 1.87. The number of ether oxygens (including phenoxy) is 1. The first-order chi connectivity index (χ1) is 8.78. The van der Waals surface area contributed by atoms with Crippen molar-refractivity contribution in [3.05, 3.63) is 42.1 Å². The van der Waals surface area contributed by atoms with Crippen molar-refractivity contribution in [1.82, 2.24) is 10.2 Å². The third-order valence-electron chi connectivity index (χ3n) is 2.30. The molecule has 0 aliphatic carbocycles. The number of hydrogen-bond acceptors (Lipinski definition) is 5. The molecular weight excluding hydrogens is 228 g/mol. The van der Waals surface area contributed by atoms with E-state index in [0.29, 0.717) is 13.2 Å². The number of nitrogens with two attached hydrogens (primary N) is 1. The lowest BCUT2D eigenvalue weighted by Gasteiger charge is -2.07. The first kappa shape index (κ1) is 12.3. The van der Waals surface area contributed by atoms with Crippen LogP contribution in [0.1, 0.15) is 5.56 Å².